The van der Waals surface area contributed by atoms with E-state index in [-0.39, 0.29) is 40.6 Å². The maximum Gasteiger partial charge on any atom is 0.491 e. The number of fused-ring (bicyclic) bond motifs is 1. The minimum absolute atomic E-state index is 0.115. The van der Waals surface area contributed by atoms with Crippen LogP contribution in [0.2, 0.25) is 5.02 Å². The Balaban J connectivity index is 1.42. The Hall–Kier alpha value is -4.12. The van der Waals surface area contributed by atoms with Gasteiger partial charge in [-0.15, -0.1) is 0 Å². The number of hydrogen-bond donors (Lipinski definition) is 1. The zero-order chi connectivity index (χ0) is 28.3. The third-order valence-corrected chi connectivity index (χ3v) is 6.49. The van der Waals surface area contributed by atoms with Crippen LogP contribution in [0.25, 0.3) is 10.9 Å². The van der Waals surface area contributed by atoms with Gasteiger partial charge in [0.15, 0.2) is 0 Å². The first-order chi connectivity index (χ1) is 19.2. The van der Waals surface area contributed by atoms with Gasteiger partial charge in [0.2, 0.25) is 0 Å². The largest absolute Gasteiger partial charge is 0.491 e. The van der Waals surface area contributed by atoms with E-state index < -0.39 is 12.1 Å². The normalized spacial score (nSPS) is 13.8. The van der Waals surface area contributed by atoms with E-state index in [0.717, 1.165) is 25.7 Å². The summed E-state index contributed by atoms with van der Waals surface area (Å²) < 4.78 is 68.3. The Morgan fingerprint density at radius 1 is 1.02 bits per heavy atom. The summed E-state index contributed by atoms with van der Waals surface area (Å²) in [5.41, 5.74) is 1.38. The van der Waals surface area contributed by atoms with Crippen molar-refractivity contribution in [2.45, 2.75) is 44.6 Å². The van der Waals surface area contributed by atoms with E-state index in [4.69, 9.17) is 21.1 Å². The number of aromatic nitrogens is 2. The summed E-state index contributed by atoms with van der Waals surface area (Å²) in [4.78, 5) is 19.9. The van der Waals surface area contributed by atoms with Crippen LogP contribution < -0.4 is 19.5 Å². The van der Waals surface area contributed by atoms with Gasteiger partial charge >= 0.3 is 12.1 Å². The second-order valence-corrected chi connectivity index (χ2v) is 9.55. The number of rotatable bonds is 8. The molecule has 7 nitrogen and oxygen atoms in total. The molecule has 1 aliphatic carbocycles. The minimum atomic E-state index is -5.16. The lowest BCUT2D eigenvalue weighted by atomic mass is 10.2. The molecule has 0 unspecified atom stereocenters. The Morgan fingerprint density at radius 3 is 2.55 bits per heavy atom. The molecule has 0 radical (unpaired) electrons. The van der Waals surface area contributed by atoms with E-state index in [2.05, 4.69) is 20.0 Å². The van der Waals surface area contributed by atoms with E-state index in [1.807, 2.05) is 0 Å². The fourth-order valence-corrected chi connectivity index (χ4v) is 4.58. The maximum absolute atomic E-state index is 13.4. The van der Waals surface area contributed by atoms with Crippen LogP contribution in [0.5, 0.6) is 17.2 Å². The Kier molecular flexibility index (Phi) is 7.92. The lowest BCUT2D eigenvalue weighted by Crippen LogP contribution is -2.28. The Labute approximate surface area is 231 Å². The molecule has 0 aliphatic heterocycles. The van der Waals surface area contributed by atoms with E-state index in [1.54, 1.807) is 30.3 Å². The highest BCUT2D eigenvalue weighted by atomic mass is 35.5. The zero-order valence-electron chi connectivity index (χ0n) is 20.8. The van der Waals surface area contributed by atoms with Gasteiger partial charge < -0.3 is 19.5 Å². The van der Waals surface area contributed by atoms with Crippen molar-refractivity contribution in [2.75, 3.05) is 5.32 Å². The summed E-state index contributed by atoms with van der Waals surface area (Å²) >= 11 is 6.43. The first-order valence-electron chi connectivity index (χ1n) is 12.3. The van der Waals surface area contributed by atoms with E-state index in [9.17, 15) is 22.4 Å². The quantitative estimate of drug-likeness (QED) is 0.132. The average Bonchev–Trinajstić information content (AvgIpc) is 3.41. The van der Waals surface area contributed by atoms with Crippen molar-refractivity contribution in [3.8, 4) is 17.2 Å². The maximum atomic E-state index is 13.4. The van der Waals surface area contributed by atoms with Gasteiger partial charge in [0, 0.05) is 17.8 Å². The van der Waals surface area contributed by atoms with Crippen molar-refractivity contribution in [1.29, 1.82) is 0 Å². The lowest BCUT2D eigenvalue weighted by molar-refractivity contribution is -0.189. The molecule has 40 heavy (non-hydrogen) atoms. The molecule has 12 heteroatoms. The molecule has 0 amide bonds. The molecule has 3 aromatic carbocycles. The average molecular weight is 576 g/mol. The molecule has 1 aliphatic rings. The van der Waals surface area contributed by atoms with E-state index >= 15 is 0 Å². The number of esters is 1. The molecule has 1 saturated carbocycles. The van der Waals surface area contributed by atoms with Crippen molar-refractivity contribution < 1.29 is 36.6 Å². The summed E-state index contributed by atoms with van der Waals surface area (Å²) in [5, 5.41) is 3.81. The number of anilines is 2. The Morgan fingerprint density at radius 2 is 1.82 bits per heavy atom. The number of ether oxygens (including phenoxy) is 3. The summed E-state index contributed by atoms with van der Waals surface area (Å²) in [6.45, 7) is 0.115. The third-order valence-electron chi connectivity index (χ3n) is 6.19. The second-order valence-electron chi connectivity index (χ2n) is 9.14. The predicted octanol–water partition coefficient (Wildman–Crippen LogP) is 7.53. The first-order valence-corrected chi connectivity index (χ1v) is 12.7. The van der Waals surface area contributed by atoms with Crippen molar-refractivity contribution in [1.82, 2.24) is 9.97 Å². The summed E-state index contributed by atoms with van der Waals surface area (Å²) in [5.74, 6) is -2.21. The number of benzene rings is 3. The van der Waals surface area contributed by atoms with Gasteiger partial charge in [0.05, 0.1) is 22.0 Å². The smallest absolute Gasteiger partial charge is 0.489 e. The summed E-state index contributed by atoms with van der Waals surface area (Å²) in [6.07, 6.45) is -0.634. The molecule has 0 saturated heterocycles. The summed E-state index contributed by atoms with van der Waals surface area (Å²) in [7, 11) is 0. The number of nitrogens with zero attached hydrogens (tertiary/aromatic N) is 2. The Bertz CT molecular complexity index is 1540. The molecular formula is C28H22ClF4N3O4. The molecule has 5 rings (SSSR count). The molecule has 208 valence electrons. The highest BCUT2D eigenvalue weighted by molar-refractivity contribution is 6.32. The SMILES string of the molecule is O=C(Oc1cc(OC2CCCC2)c2c(Nc3ccc(OCc4cccc(F)c4)c(Cl)c3)ncnc2c1)C(F)(F)F. The van der Waals surface area contributed by atoms with Crippen LogP contribution in [0.3, 0.4) is 0 Å². The lowest BCUT2D eigenvalue weighted by Gasteiger charge is -2.18. The van der Waals surface area contributed by atoms with Gasteiger partial charge in [0.1, 0.15) is 41.8 Å². The molecule has 1 heterocycles. The number of alkyl halides is 3. The minimum Gasteiger partial charge on any atom is -0.489 e. The molecular weight excluding hydrogens is 554 g/mol. The van der Waals surface area contributed by atoms with Crippen LogP contribution >= 0.6 is 11.6 Å². The molecule has 1 N–H and O–H groups in total. The molecule has 0 bridgehead atoms. The van der Waals surface area contributed by atoms with Crippen molar-refractivity contribution >= 4 is 40.0 Å². The first kappa shape index (κ1) is 27.4. The number of carbonyl (C=O) groups is 1. The predicted molar refractivity (Wildman–Crippen MR) is 140 cm³/mol. The van der Waals surface area contributed by atoms with Gasteiger partial charge in [-0.1, -0.05) is 23.7 Å². The number of carbonyl (C=O) groups excluding carboxylic acids is 1. The van der Waals surface area contributed by atoms with Crippen molar-refractivity contribution in [3.63, 3.8) is 0 Å². The van der Waals surface area contributed by atoms with Crippen LogP contribution in [0, 0.1) is 5.82 Å². The van der Waals surface area contributed by atoms with Crippen molar-refractivity contribution in [3.05, 3.63) is 77.3 Å². The van der Waals surface area contributed by atoms with Gasteiger partial charge in [-0.2, -0.15) is 13.2 Å². The standard InChI is InChI=1S/C28H22ClF4N3O4/c29-21-11-18(8-9-23(21)38-14-16-4-3-5-17(30)10-16)36-26-25-22(34-15-35-26)12-20(40-27(37)28(31,32)33)13-24(25)39-19-6-1-2-7-19/h3-5,8-13,15,19H,1-2,6-7,14H2,(H,34,35,36). The fourth-order valence-electron chi connectivity index (χ4n) is 4.35. The molecule has 0 spiro atoms. The van der Waals surface area contributed by atoms with Gasteiger partial charge in [-0.3, -0.25) is 0 Å². The van der Waals surface area contributed by atoms with Crippen molar-refractivity contribution in [2.24, 2.45) is 0 Å². The van der Waals surface area contributed by atoms with Crippen LogP contribution in [0.15, 0.2) is 60.9 Å². The topological polar surface area (TPSA) is 82.6 Å². The van der Waals surface area contributed by atoms with E-state index in [1.165, 1.54) is 30.6 Å². The second kappa shape index (κ2) is 11.5. The monoisotopic (exact) mass is 575 g/mol. The molecule has 4 aromatic rings. The number of halogens is 5. The van der Waals surface area contributed by atoms with Crippen LogP contribution in [0.4, 0.5) is 29.1 Å². The van der Waals surface area contributed by atoms with Gasteiger partial charge in [0.25, 0.3) is 0 Å². The number of nitrogens with one attached hydrogen (secondary N) is 1. The van der Waals surface area contributed by atoms with Gasteiger partial charge in [-0.05, 0) is 61.6 Å². The van der Waals surface area contributed by atoms with Crippen LogP contribution in [-0.2, 0) is 11.4 Å². The number of hydrogen-bond acceptors (Lipinski definition) is 7. The highest BCUT2D eigenvalue weighted by Gasteiger charge is 2.41. The highest BCUT2D eigenvalue weighted by Crippen LogP contribution is 2.39. The van der Waals surface area contributed by atoms with Crippen LogP contribution in [-0.4, -0.2) is 28.2 Å². The fraction of sp³-hybridized carbons (Fsp3) is 0.250. The van der Waals surface area contributed by atoms with E-state index in [0.29, 0.717) is 28.2 Å². The summed E-state index contributed by atoms with van der Waals surface area (Å²) in [6, 6.07) is 13.4. The molecule has 1 aromatic heterocycles. The van der Waals surface area contributed by atoms with Gasteiger partial charge in [-0.25, -0.2) is 19.2 Å². The molecule has 1 fully saturated rings. The zero-order valence-corrected chi connectivity index (χ0v) is 21.6. The molecule has 0 atom stereocenters. The third kappa shape index (κ3) is 6.53. The van der Waals surface area contributed by atoms with Crippen LogP contribution in [0.1, 0.15) is 31.2 Å².